The van der Waals surface area contributed by atoms with E-state index in [0.717, 1.165) is 18.4 Å². The van der Waals surface area contributed by atoms with Gasteiger partial charge in [-0.15, -0.1) is 0 Å². The molecule has 1 aromatic carbocycles. The van der Waals surface area contributed by atoms with Gasteiger partial charge in [-0.05, 0) is 36.1 Å². The lowest BCUT2D eigenvalue weighted by Gasteiger charge is -2.14. The van der Waals surface area contributed by atoms with E-state index in [9.17, 15) is 9.59 Å². The molecule has 2 amide bonds. The van der Waals surface area contributed by atoms with Crippen LogP contribution in [0.25, 0.3) is 0 Å². The summed E-state index contributed by atoms with van der Waals surface area (Å²) in [4.78, 5) is 22.8. The van der Waals surface area contributed by atoms with Crippen molar-refractivity contribution in [2.24, 2.45) is 17.4 Å². The van der Waals surface area contributed by atoms with E-state index in [1.165, 1.54) is 25.7 Å². The van der Waals surface area contributed by atoms with E-state index in [1.807, 2.05) is 0 Å². The van der Waals surface area contributed by atoms with Gasteiger partial charge in [0.25, 0.3) is 0 Å². The van der Waals surface area contributed by atoms with Crippen LogP contribution in [0, 0.1) is 5.92 Å². The predicted octanol–water partition coefficient (Wildman–Crippen LogP) is 3.03. The fourth-order valence-electron chi connectivity index (χ4n) is 2.55. The number of hydrogen-bond acceptors (Lipinski definition) is 2. The van der Waals surface area contributed by atoms with Gasteiger partial charge in [-0.2, -0.15) is 0 Å². The first kappa shape index (κ1) is 17.2. The van der Waals surface area contributed by atoms with Crippen LogP contribution in [0.5, 0.6) is 0 Å². The number of hydrogen-bond donors (Lipinski definition) is 2. The van der Waals surface area contributed by atoms with Crippen LogP contribution in [-0.4, -0.2) is 11.8 Å². The van der Waals surface area contributed by atoms with Crippen LogP contribution in [-0.2, 0) is 6.42 Å². The molecule has 1 atom stereocenters. The second-order valence-electron chi connectivity index (χ2n) is 5.76. The molecule has 0 bridgehead atoms. The number of primary amides is 2. The van der Waals surface area contributed by atoms with E-state index in [2.05, 4.69) is 13.8 Å². The number of benzene rings is 1. The topological polar surface area (TPSA) is 86.2 Å². The lowest BCUT2D eigenvalue weighted by molar-refractivity contribution is 0.0987. The van der Waals surface area contributed by atoms with Crippen molar-refractivity contribution in [3.63, 3.8) is 0 Å². The van der Waals surface area contributed by atoms with Gasteiger partial charge < -0.3 is 11.5 Å². The maximum Gasteiger partial charge on any atom is 0.248 e. The summed E-state index contributed by atoms with van der Waals surface area (Å²) in [6.45, 7) is 4.35. The van der Waals surface area contributed by atoms with Gasteiger partial charge in [-0.1, -0.05) is 46.0 Å². The molecule has 4 N–H and O–H groups in total. The Kier molecular flexibility index (Phi) is 6.92. The van der Waals surface area contributed by atoms with Crippen LogP contribution in [0.15, 0.2) is 18.2 Å². The molecule has 0 radical (unpaired) electrons. The summed E-state index contributed by atoms with van der Waals surface area (Å²) in [5, 5.41) is 0. The molecule has 1 aromatic rings. The highest BCUT2D eigenvalue weighted by Crippen LogP contribution is 2.20. The van der Waals surface area contributed by atoms with Crippen molar-refractivity contribution in [1.82, 2.24) is 0 Å². The van der Waals surface area contributed by atoms with Gasteiger partial charge in [0, 0.05) is 11.1 Å². The fraction of sp³-hybridized carbons (Fsp3) is 0.529. The number of amides is 2. The molecule has 0 aliphatic heterocycles. The number of rotatable bonds is 9. The van der Waals surface area contributed by atoms with Gasteiger partial charge in [-0.25, -0.2) is 0 Å². The van der Waals surface area contributed by atoms with Gasteiger partial charge in [-0.3, -0.25) is 9.59 Å². The van der Waals surface area contributed by atoms with Crippen molar-refractivity contribution >= 4 is 11.8 Å². The Morgan fingerprint density at radius 3 is 2.38 bits per heavy atom. The molecular weight excluding hydrogens is 264 g/mol. The Morgan fingerprint density at radius 2 is 1.81 bits per heavy atom. The highest BCUT2D eigenvalue weighted by Gasteiger charge is 2.14. The monoisotopic (exact) mass is 290 g/mol. The minimum absolute atomic E-state index is 0.424. The summed E-state index contributed by atoms with van der Waals surface area (Å²) in [5.41, 5.74) is 12.4. The first-order chi connectivity index (χ1) is 9.95. The second kappa shape index (κ2) is 8.45. The lowest BCUT2D eigenvalue weighted by atomic mass is 9.91. The van der Waals surface area contributed by atoms with Gasteiger partial charge >= 0.3 is 0 Å². The number of carbonyl (C=O) groups is 2. The predicted molar refractivity (Wildman–Crippen MR) is 85.1 cm³/mol. The Bertz CT molecular complexity index is 498. The maximum absolute atomic E-state index is 11.5. The Morgan fingerprint density at radius 1 is 1.10 bits per heavy atom. The van der Waals surface area contributed by atoms with E-state index in [4.69, 9.17) is 11.5 Å². The summed E-state index contributed by atoms with van der Waals surface area (Å²) in [6.07, 6.45) is 6.77. The largest absolute Gasteiger partial charge is 0.366 e. The molecule has 0 aromatic heterocycles. The zero-order valence-electron chi connectivity index (χ0n) is 13.0. The SMILES string of the molecule is CCCCCCC(C)Cc1cc(C(N)=O)ccc1C(N)=O. The molecule has 0 spiro atoms. The molecule has 4 heteroatoms. The third-order valence-corrected chi connectivity index (χ3v) is 3.77. The third kappa shape index (κ3) is 5.58. The average Bonchev–Trinajstić information content (AvgIpc) is 2.43. The Labute approximate surface area is 126 Å². The maximum atomic E-state index is 11.5. The van der Waals surface area contributed by atoms with E-state index in [0.29, 0.717) is 17.0 Å². The summed E-state index contributed by atoms with van der Waals surface area (Å²) >= 11 is 0. The number of unbranched alkanes of at least 4 members (excludes halogenated alkanes) is 3. The van der Waals surface area contributed by atoms with Gasteiger partial charge in [0.05, 0.1) is 0 Å². The van der Waals surface area contributed by atoms with Crippen molar-refractivity contribution in [3.8, 4) is 0 Å². The quantitative estimate of drug-likeness (QED) is 0.685. The first-order valence-electron chi connectivity index (χ1n) is 7.68. The summed E-state index contributed by atoms with van der Waals surface area (Å²) in [7, 11) is 0. The van der Waals surface area contributed by atoms with Crippen LogP contribution in [0.2, 0.25) is 0 Å². The number of carbonyl (C=O) groups excluding carboxylic acids is 2. The molecule has 116 valence electrons. The summed E-state index contributed by atoms with van der Waals surface area (Å²) in [6, 6.07) is 4.85. The molecule has 0 saturated heterocycles. The van der Waals surface area contributed by atoms with Crippen molar-refractivity contribution in [3.05, 3.63) is 34.9 Å². The lowest BCUT2D eigenvalue weighted by Crippen LogP contribution is -2.18. The van der Waals surface area contributed by atoms with Crippen LogP contribution in [0.1, 0.15) is 72.2 Å². The third-order valence-electron chi connectivity index (χ3n) is 3.77. The van der Waals surface area contributed by atoms with Crippen molar-refractivity contribution in [2.45, 2.75) is 52.4 Å². The van der Waals surface area contributed by atoms with Gasteiger partial charge in [0.15, 0.2) is 0 Å². The average molecular weight is 290 g/mol. The molecule has 0 saturated carbocycles. The highest BCUT2D eigenvalue weighted by atomic mass is 16.1. The molecular formula is C17H26N2O2. The van der Waals surface area contributed by atoms with Crippen LogP contribution >= 0.6 is 0 Å². The fourth-order valence-corrected chi connectivity index (χ4v) is 2.55. The minimum Gasteiger partial charge on any atom is -0.366 e. The first-order valence-corrected chi connectivity index (χ1v) is 7.68. The van der Waals surface area contributed by atoms with Gasteiger partial charge in [0.1, 0.15) is 0 Å². The van der Waals surface area contributed by atoms with E-state index in [1.54, 1.807) is 18.2 Å². The van der Waals surface area contributed by atoms with E-state index >= 15 is 0 Å². The van der Waals surface area contributed by atoms with Crippen molar-refractivity contribution in [1.29, 1.82) is 0 Å². The molecule has 4 nitrogen and oxygen atoms in total. The van der Waals surface area contributed by atoms with E-state index < -0.39 is 11.8 Å². The van der Waals surface area contributed by atoms with Crippen molar-refractivity contribution < 1.29 is 9.59 Å². The molecule has 0 heterocycles. The smallest absolute Gasteiger partial charge is 0.248 e. The molecule has 0 aliphatic rings. The number of nitrogens with two attached hydrogens (primary N) is 2. The summed E-state index contributed by atoms with van der Waals surface area (Å²) < 4.78 is 0. The van der Waals surface area contributed by atoms with Crippen LogP contribution in [0.3, 0.4) is 0 Å². The van der Waals surface area contributed by atoms with E-state index in [-0.39, 0.29) is 0 Å². The Balaban J connectivity index is 2.77. The molecule has 1 rings (SSSR count). The molecule has 0 fully saturated rings. The zero-order valence-corrected chi connectivity index (χ0v) is 13.0. The zero-order chi connectivity index (χ0) is 15.8. The molecule has 0 aliphatic carbocycles. The van der Waals surface area contributed by atoms with Crippen LogP contribution in [0.4, 0.5) is 0 Å². The summed E-state index contributed by atoms with van der Waals surface area (Å²) in [5.74, 6) is -0.495. The minimum atomic E-state index is -0.483. The highest BCUT2D eigenvalue weighted by molar-refractivity contribution is 5.97. The van der Waals surface area contributed by atoms with Crippen LogP contribution < -0.4 is 11.5 Å². The standard InChI is InChI=1S/C17H26N2O2/c1-3-4-5-6-7-12(2)10-14-11-13(16(18)20)8-9-15(14)17(19)21/h8-9,11-12H,3-7,10H2,1-2H3,(H2,18,20)(H2,19,21). The Hall–Kier alpha value is -1.84. The second-order valence-corrected chi connectivity index (χ2v) is 5.76. The normalized spacial score (nSPS) is 12.1. The van der Waals surface area contributed by atoms with Crippen molar-refractivity contribution in [2.75, 3.05) is 0 Å². The molecule has 1 unspecified atom stereocenters. The molecule has 21 heavy (non-hydrogen) atoms. The van der Waals surface area contributed by atoms with Gasteiger partial charge in [0.2, 0.25) is 11.8 Å².